The number of nitrogens with one attached hydrogen (secondary N) is 1. The Hall–Kier alpha value is -4.02. The van der Waals surface area contributed by atoms with E-state index in [4.69, 9.17) is 0 Å². The molecular formula is C42H46N2O2. The van der Waals surface area contributed by atoms with Gasteiger partial charge in [0.15, 0.2) is 5.78 Å². The molecule has 46 heavy (non-hydrogen) atoms. The van der Waals surface area contributed by atoms with Crippen LogP contribution in [0.1, 0.15) is 109 Å². The van der Waals surface area contributed by atoms with Crippen molar-refractivity contribution in [2.45, 2.75) is 88.8 Å². The van der Waals surface area contributed by atoms with Crippen LogP contribution in [0, 0.1) is 5.92 Å². The highest BCUT2D eigenvalue weighted by molar-refractivity contribution is 5.98. The molecule has 4 nitrogen and oxygen atoms in total. The molecule has 0 aromatic heterocycles. The number of ketones is 1. The number of carbonyl (C=O) groups is 2. The molecule has 4 heteroatoms. The molecule has 2 fully saturated rings. The lowest BCUT2D eigenvalue weighted by atomic mass is 9.84. The highest BCUT2D eigenvalue weighted by Gasteiger charge is 2.43. The van der Waals surface area contributed by atoms with Crippen molar-refractivity contribution in [3.05, 3.63) is 131 Å². The van der Waals surface area contributed by atoms with E-state index in [1.807, 2.05) is 36.4 Å². The average Bonchev–Trinajstić information content (AvgIpc) is 3.64. The van der Waals surface area contributed by atoms with Gasteiger partial charge in [0.1, 0.15) is 0 Å². The van der Waals surface area contributed by atoms with E-state index in [1.165, 1.54) is 59.6 Å². The van der Waals surface area contributed by atoms with E-state index in [9.17, 15) is 9.59 Å². The molecule has 3 atom stereocenters. The molecule has 3 aliphatic rings. The molecule has 236 valence electrons. The van der Waals surface area contributed by atoms with E-state index in [-0.39, 0.29) is 17.7 Å². The number of amides is 1. The molecule has 1 saturated carbocycles. The van der Waals surface area contributed by atoms with Crippen LogP contribution in [0.5, 0.6) is 0 Å². The molecule has 1 saturated heterocycles. The Balaban J connectivity index is 0.856. The summed E-state index contributed by atoms with van der Waals surface area (Å²) < 4.78 is 0. The van der Waals surface area contributed by atoms with Crippen LogP contribution in [0.3, 0.4) is 0 Å². The van der Waals surface area contributed by atoms with Crippen LogP contribution in [0.25, 0.3) is 10.8 Å². The van der Waals surface area contributed by atoms with Gasteiger partial charge in [-0.3, -0.25) is 14.5 Å². The first-order chi connectivity index (χ1) is 22.5. The van der Waals surface area contributed by atoms with E-state index < -0.39 is 0 Å². The topological polar surface area (TPSA) is 49.4 Å². The first-order valence-corrected chi connectivity index (χ1v) is 17.4. The standard InChI is InChI=1S/C42H46N2O2/c1-29(35-15-8-13-32-12-5-6-14-36(32)35)9-7-16-42(46)43-34-20-17-30(18-21-34)25-26-44-39-23-24-40(44)38-28-33(19-22-37(38)39)41(45)27-31-10-3-2-4-11-31/h2-8,10-16,19,22,28-30,34,39-40H,9,17-18,20-21,23-27H2,1H3,(H,43,46)/b16-7+/t29?,30?,34?,39-,40+/m0/s1. The Morgan fingerprint density at radius 3 is 2.39 bits per heavy atom. The lowest BCUT2D eigenvalue weighted by Crippen LogP contribution is -2.37. The highest BCUT2D eigenvalue weighted by atomic mass is 16.1. The molecule has 4 aromatic rings. The lowest BCUT2D eigenvalue weighted by molar-refractivity contribution is -0.117. The van der Waals surface area contributed by atoms with Gasteiger partial charge >= 0.3 is 0 Å². The highest BCUT2D eigenvalue weighted by Crippen LogP contribution is 2.53. The van der Waals surface area contributed by atoms with Crippen LogP contribution in [0.4, 0.5) is 0 Å². The van der Waals surface area contributed by atoms with Gasteiger partial charge in [-0.05, 0) is 115 Å². The fourth-order valence-electron chi connectivity index (χ4n) is 8.43. The third kappa shape index (κ3) is 6.59. The summed E-state index contributed by atoms with van der Waals surface area (Å²) in [6.07, 6.45) is 13.2. The van der Waals surface area contributed by atoms with E-state index in [0.29, 0.717) is 24.4 Å². The summed E-state index contributed by atoms with van der Waals surface area (Å²) in [4.78, 5) is 28.5. The van der Waals surface area contributed by atoms with Crippen molar-refractivity contribution in [2.24, 2.45) is 5.92 Å². The molecule has 1 unspecified atom stereocenters. The van der Waals surface area contributed by atoms with Gasteiger partial charge in [-0.25, -0.2) is 0 Å². The van der Waals surface area contributed by atoms with Crippen molar-refractivity contribution < 1.29 is 9.59 Å². The van der Waals surface area contributed by atoms with E-state index in [2.05, 4.69) is 77.8 Å². The van der Waals surface area contributed by atoms with E-state index in [1.54, 1.807) is 6.08 Å². The third-order valence-corrected chi connectivity index (χ3v) is 11.0. The Morgan fingerprint density at radius 1 is 0.826 bits per heavy atom. The number of hydrogen-bond acceptors (Lipinski definition) is 3. The maximum atomic E-state index is 13.1. The second-order valence-corrected chi connectivity index (χ2v) is 13.9. The monoisotopic (exact) mass is 610 g/mol. The van der Waals surface area contributed by atoms with Crippen LogP contribution < -0.4 is 5.32 Å². The predicted molar refractivity (Wildman–Crippen MR) is 187 cm³/mol. The van der Waals surface area contributed by atoms with Gasteiger partial charge in [0.05, 0.1) is 0 Å². The van der Waals surface area contributed by atoms with Crippen molar-refractivity contribution in [1.82, 2.24) is 10.2 Å². The van der Waals surface area contributed by atoms with Crippen LogP contribution in [-0.4, -0.2) is 29.2 Å². The molecule has 4 aromatic carbocycles. The number of benzene rings is 4. The smallest absolute Gasteiger partial charge is 0.243 e. The third-order valence-electron chi connectivity index (χ3n) is 11.0. The number of allylic oxidation sites excluding steroid dienone is 1. The van der Waals surface area contributed by atoms with E-state index >= 15 is 0 Å². The van der Waals surface area contributed by atoms with Crippen molar-refractivity contribution in [1.29, 1.82) is 0 Å². The molecule has 0 radical (unpaired) electrons. The molecular weight excluding hydrogens is 564 g/mol. The zero-order valence-electron chi connectivity index (χ0n) is 27.0. The summed E-state index contributed by atoms with van der Waals surface area (Å²) in [5.74, 6) is 1.32. The quantitative estimate of drug-likeness (QED) is 0.136. The van der Waals surface area contributed by atoms with Gasteiger partial charge in [-0.2, -0.15) is 0 Å². The molecule has 1 N–H and O–H groups in total. The molecule has 1 amide bonds. The number of hydrogen-bond donors (Lipinski definition) is 1. The van der Waals surface area contributed by atoms with Crippen molar-refractivity contribution >= 4 is 22.5 Å². The molecule has 7 rings (SSSR count). The second kappa shape index (κ2) is 13.8. The van der Waals surface area contributed by atoms with Gasteiger partial charge in [0, 0.05) is 30.1 Å². The lowest BCUT2D eigenvalue weighted by Gasteiger charge is -2.31. The average molecular weight is 611 g/mol. The molecule has 2 bridgehead atoms. The first-order valence-electron chi connectivity index (χ1n) is 17.4. The van der Waals surface area contributed by atoms with Gasteiger partial charge in [-0.15, -0.1) is 0 Å². The number of nitrogens with zero attached hydrogens (tertiary/aromatic N) is 1. The fourth-order valence-corrected chi connectivity index (χ4v) is 8.43. The van der Waals surface area contributed by atoms with Gasteiger partial charge in [0.2, 0.25) is 5.91 Å². The summed E-state index contributed by atoms with van der Waals surface area (Å²) in [7, 11) is 0. The van der Waals surface area contributed by atoms with Crippen LogP contribution in [-0.2, 0) is 11.2 Å². The van der Waals surface area contributed by atoms with Gasteiger partial charge < -0.3 is 5.32 Å². The van der Waals surface area contributed by atoms with Gasteiger partial charge in [0.25, 0.3) is 0 Å². The zero-order valence-corrected chi connectivity index (χ0v) is 27.0. The SMILES string of the molecule is CC(C/C=C/C(=O)NC1CCC(CCN2[C@@H]3CC[C@H]2c2ccc(C(=O)Cc4ccccc4)cc23)CC1)c1cccc2ccccc12. The predicted octanol–water partition coefficient (Wildman–Crippen LogP) is 9.27. The largest absolute Gasteiger partial charge is 0.350 e. The Bertz CT molecular complexity index is 1710. The number of carbonyl (C=O) groups excluding carboxylic acids is 2. The van der Waals surface area contributed by atoms with Crippen molar-refractivity contribution in [2.75, 3.05) is 6.54 Å². The number of fused-ring (bicyclic) bond motifs is 6. The summed E-state index contributed by atoms with van der Waals surface area (Å²) >= 11 is 0. The van der Waals surface area contributed by atoms with Crippen molar-refractivity contribution in [3.63, 3.8) is 0 Å². The van der Waals surface area contributed by atoms with Crippen molar-refractivity contribution in [3.8, 4) is 0 Å². The summed E-state index contributed by atoms with van der Waals surface area (Å²) in [6.45, 7) is 3.36. The molecule has 1 aliphatic carbocycles. The van der Waals surface area contributed by atoms with Crippen LogP contribution in [0.15, 0.2) is 103 Å². The second-order valence-electron chi connectivity index (χ2n) is 13.9. The summed E-state index contributed by atoms with van der Waals surface area (Å²) in [5.41, 5.74) is 6.10. The maximum Gasteiger partial charge on any atom is 0.243 e. The zero-order chi connectivity index (χ0) is 31.5. The summed E-state index contributed by atoms with van der Waals surface area (Å²) in [6, 6.07) is 32.8. The molecule has 2 aliphatic heterocycles. The van der Waals surface area contributed by atoms with Gasteiger partial charge in [-0.1, -0.05) is 97.9 Å². The Labute approximate surface area is 273 Å². The van der Waals surface area contributed by atoms with Crippen LogP contribution >= 0.6 is 0 Å². The fraction of sp³-hybridized carbons (Fsp3) is 0.381. The minimum Gasteiger partial charge on any atom is -0.350 e. The molecule has 0 spiro atoms. The molecule has 2 heterocycles. The maximum absolute atomic E-state index is 13.1. The number of Topliss-reactive ketones (excluding diaryl/α,β-unsaturated/α-hetero) is 1. The summed E-state index contributed by atoms with van der Waals surface area (Å²) in [5, 5.41) is 5.85. The normalized spacial score (nSPS) is 23.1. The Kier molecular flexibility index (Phi) is 9.16. The minimum absolute atomic E-state index is 0.0431. The Morgan fingerprint density at radius 2 is 1.57 bits per heavy atom. The van der Waals surface area contributed by atoms with E-state index in [0.717, 1.165) is 42.9 Å². The van der Waals surface area contributed by atoms with Crippen LogP contribution in [0.2, 0.25) is 0 Å². The number of rotatable bonds is 11. The minimum atomic E-state index is 0.0431. The first kappa shape index (κ1) is 30.6.